The SMILES string of the molecule is CNc1ncc(F)c(NC2CCC(C)(C)C2)n1. The van der Waals surface area contributed by atoms with E-state index in [1.807, 2.05) is 0 Å². The van der Waals surface area contributed by atoms with Crippen LogP contribution < -0.4 is 10.6 Å². The third-order valence-electron chi connectivity index (χ3n) is 3.28. The Bertz CT molecular complexity index is 405. The van der Waals surface area contributed by atoms with Crippen molar-refractivity contribution in [3.63, 3.8) is 0 Å². The number of hydrogen-bond acceptors (Lipinski definition) is 4. The Balaban J connectivity index is 2.08. The number of rotatable bonds is 3. The van der Waals surface area contributed by atoms with Crippen molar-refractivity contribution in [3.8, 4) is 0 Å². The fraction of sp³-hybridized carbons (Fsp3) is 0.667. The van der Waals surface area contributed by atoms with E-state index in [1.54, 1.807) is 7.05 Å². The molecule has 0 bridgehead atoms. The van der Waals surface area contributed by atoms with Crippen LogP contribution in [-0.2, 0) is 0 Å². The minimum atomic E-state index is -0.395. The smallest absolute Gasteiger partial charge is 0.224 e. The molecule has 1 aromatic heterocycles. The van der Waals surface area contributed by atoms with Crippen LogP contribution in [0.5, 0.6) is 0 Å². The summed E-state index contributed by atoms with van der Waals surface area (Å²) in [6.45, 7) is 4.48. The summed E-state index contributed by atoms with van der Waals surface area (Å²) in [5.74, 6) is 0.340. The van der Waals surface area contributed by atoms with Crippen LogP contribution >= 0.6 is 0 Å². The first kappa shape index (κ1) is 12.1. The lowest BCUT2D eigenvalue weighted by molar-refractivity contribution is 0.378. The molecule has 1 heterocycles. The molecule has 1 aliphatic rings. The zero-order valence-electron chi connectivity index (χ0n) is 10.5. The second-order valence-electron chi connectivity index (χ2n) is 5.39. The maximum atomic E-state index is 13.5. The van der Waals surface area contributed by atoms with Crippen molar-refractivity contribution in [1.29, 1.82) is 0 Å². The molecule has 94 valence electrons. The highest BCUT2D eigenvalue weighted by Crippen LogP contribution is 2.38. The minimum absolute atomic E-state index is 0.298. The lowest BCUT2D eigenvalue weighted by Gasteiger charge is -2.18. The van der Waals surface area contributed by atoms with E-state index in [-0.39, 0.29) is 0 Å². The Morgan fingerprint density at radius 1 is 1.47 bits per heavy atom. The van der Waals surface area contributed by atoms with Crippen LogP contribution in [0.1, 0.15) is 33.1 Å². The normalized spacial score (nSPS) is 22.5. The van der Waals surface area contributed by atoms with Crippen LogP contribution in [0, 0.1) is 11.2 Å². The van der Waals surface area contributed by atoms with Crippen molar-refractivity contribution >= 4 is 11.8 Å². The highest BCUT2D eigenvalue weighted by molar-refractivity contribution is 5.41. The van der Waals surface area contributed by atoms with Gasteiger partial charge in [0.15, 0.2) is 11.6 Å². The average molecular weight is 238 g/mol. The summed E-state index contributed by atoms with van der Waals surface area (Å²) in [5.41, 5.74) is 0.340. The minimum Gasteiger partial charge on any atom is -0.365 e. The van der Waals surface area contributed by atoms with Gasteiger partial charge in [0, 0.05) is 13.1 Å². The number of nitrogens with one attached hydrogen (secondary N) is 2. The van der Waals surface area contributed by atoms with Gasteiger partial charge in [0.1, 0.15) is 0 Å². The predicted molar refractivity (Wildman–Crippen MR) is 66.6 cm³/mol. The Labute approximate surface area is 101 Å². The standard InChI is InChI=1S/C12H19FN4/c1-12(2)5-4-8(6-12)16-10-9(13)7-15-11(14-3)17-10/h7-8H,4-6H2,1-3H3,(H2,14,15,16,17). The molecule has 4 nitrogen and oxygen atoms in total. The molecule has 1 fully saturated rings. The predicted octanol–water partition coefficient (Wildman–Crippen LogP) is 2.65. The van der Waals surface area contributed by atoms with Gasteiger partial charge in [0.25, 0.3) is 0 Å². The third-order valence-corrected chi connectivity index (χ3v) is 3.28. The summed E-state index contributed by atoms with van der Waals surface area (Å²) in [5, 5.41) is 5.98. The zero-order chi connectivity index (χ0) is 12.5. The molecule has 0 saturated heterocycles. The molecule has 17 heavy (non-hydrogen) atoms. The summed E-state index contributed by atoms with van der Waals surface area (Å²) in [6.07, 6.45) is 4.47. The van der Waals surface area contributed by atoms with E-state index in [0.717, 1.165) is 19.3 Å². The van der Waals surface area contributed by atoms with Crippen molar-refractivity contribution in [2.45, 2.75) is 39.2 Å². The second-order valence-corrected chi connectivity index (χ2v) is 5.39. The Morgan fingerprint density at radius 3 is 2.82 bits per heavy atom. The molecule has 1 aliphatic carbocycles. The molecule has 5 heteroatoms. The van der Waals surface area contributed by atoms with Crippen molar-refractivity contribution in [1.82, 2.24) is 9.97 Å². The molecule has 0 amide bonds. The largest absolute Gasteiger partial charge is 0.365 e. The van der Waals surface area contributed by atoms with Crippen LogP contribution in [0.25, 0.3) is 0 Å². The van der Waals surface area contributed by atoms with E-state index >= 15 is 0 Å². The Kier molecular flexibility index (Phi) is 3.17. The Hall–Kier alpha value is -1.39. The molecular formula is C12H19FN4. The summed E-state index contributed by atoms with van der Waals surface area (Å²) < 4.78 is 13.5. The molecule has 1 atom stereocenters. The number of hydrogen-bond donors (Lipinski definition) is 2. The average Bonchev–Trinajstić information content (AvgIpc) is 2.61. The van der Waals surface area contributed by atoms with Gasteiger partial charge in [-0.15, -0.1) is 0 Å². The summed E-state index contributed by atoms with van der Waals surface area (Å²) in [4.78, 5) is 7.92. The van der Waals surface area contributed by atoms with Crippen LogP contribution in [0.4, 0.5) is 16.2 Å². The van der Waals surface area contributed by atoms with Gasteiger partial charge in [-0.1, -0.05) is 13.8 Å². The Morgan fingerprint density at radius 2 is 2.24 bits per heavy atom. The number of aromatic nitrogens is 2. The lowest BCUT2D eigenvalue weighted by atomic mass is 9.92. The monoisotopic (exact) mass is 238 g/mol. The van der Waals surface area contributed by atoms with Gasteiger partial charge in [0.05, 0.1) is 6.20 Å². The van der Waals surface area contributed by atoms with Crippen molar-refractivity contribution in [3.05, 3.63) is 12.0 Å². The van der Waals surface area contributed by atoms with Crippen LogP contribution in [0.3, 0.4) is 0 Å². The first-order valence-corrected chi connectivity index (χ1v) is 5.97. The lowest BCUT2D eigenvalue weighted by Crippen LogP contribution is -2.19. The molecule has 0 aliphatic heterocycles. The quantitative estimate of drug-likeness (QED) is 0.850. The summed E-state index contributed by atoms with van der Waals surface area (Å²) in [7, 11) is 1.72. The summed E-state index contributed by atoms with van der Waals surface area (Å²) >= 11 is 0. The van der Waals surface area contributed by atoms with E-state index in [2.05, 4.69) is 34.4 Å². The summed E-state index contributed by atoms with van der Waals surface area (Å²) in [6, 6.07) is 0.305. The molecule has 1 saturated carbocycles. The van der Waals surface area contributed by atoms with Gasteiger partial charge in [-0.2, -0.15) is 4.98 Å². The van der Waals surface area contributed by atoms with Gasteiger partial charge in [0.2, 0.25) is 5.95 Å². The third kappa shape index (κ3) is 2.84. The van der Waals surface area contributed by atoms with Crippen molar-refractivity contribution in [2.75, 3.05) is 17.7 Å². The van der Waals surface area contributed by atoms with Crippen LogP contribution in [0.15, 0.2) is 6.20 Å². The van der Waals surface area contributed by atoms with E-state index in [9.17, 15) is 4.39 Å². The van der Waals surface area contributed by atoms with E-state index < -0.39 is 5.82 Å². The van der Waals surface area contributed by atoms with Gasteiger partial charge < -0.3 is 10.6 Å². The molecule has 0 spiro atoms. The van der Waals surface area contributed by atoms with Crippen LogP contribution in [0.2, 0.25) is 0 Å². The first-order chi connectivity index (χ1) is 8.00. The molecular weight excluding hydrogens is 219 g/mol. The van der Waals surface area contributed by atoms with Crippen LogP contribution in [-0.4, -0.2) is 23.1 Å². The zero-order valence-corrected chi connectivity index (χ0v) is 10.5. The maximum absolute atomic E-state index is 13.5. The molecule has 1 unspecified atom stereocenters. The number of nitrogens with zero attached hydrogens (tertiary/aromatic N) is 2. The maximum Gasteiger partial charge on any atom is 0.224 e. The fourth-order valence-corrected chi connectivity index (χ4v) is 2.34. The van der Waals surface area contributed by atoms with Gasteiger partial charge in [-0.3, -0.25) is 0 Å². The topological polar surface area (TPSA) is 49.8 Å². The van der Waals surface area contributed by atoms with Crippen molar-refractivity contribution in [2.24, 2.45) is 5.41 Å². The van der Waals surface area contributed by atoms with Crippen molar-refractivity contribution < 1.29 is 4.39 Å². The van der Waals surface area contributed by atoms with Gasteiger partial charge in [-0.25, -0.2) is 9.37 Å². The number of halogens is 1. The van der Waals surface area contributed by atoms with E-state index in [0.29, 0.717) is 23.2 Å². The highest BCUT2D eigenvalue weighted by atomic mass is 19.1. The fourth-order valence-electron chi connectivity index (χ4n) is 2.34. The van der Waals surface area contributed by atoms with E-state index in [1.165, 1.54) is 6.20 Å². The first-order valence-electron chi connectivity index (χ1n) is 5.97. The molecule has 0 aromatic carbocycles. The molecule has 1 aromatic rings. The second kappa shape index (κ2) is 4.47. The molecule has 0 radical (unpaired) electrons. The van der Waals surface area contributed by atoms with Gasteiger partial charge in [-0.05, 0) is 24.7 Å². The van der Waals surface area contributed by atoms with E-state index in [4.69, 9.17) is 0 Å². The number of anilines is 2. The molecule has 2 rings (SSSR count). The van der Waals surface area contributed by atoms with Gasteiger partial charge >= 0.3 is 0 Å². The molecule has 2 N–H and O–H groups in total. The highest BCUT2D eigenvalue weighted by Gasteiger charge is 2.31.